The van der Waals surface area contributed by atoms with Gasteiger partial charge in [-0.3, -0.25) is 14.5 Å². The van der Waals surface area contributed by atoms with Crippen molar-refractivity contribution in [1.29, 1.82) is 0 Å². The third-order valence-corrected chi connectivity index (χ3v) is 4.35. The summed E-state index contributed by atoms with van der Waals surface area (Å²) in [5, 5.41) is 3.20. The van der Waals surface area contributed by atoms with Crippen molar-refractivity contribution in [1.82, 2.24) is 10.2 Å². The molecule has 0 radical (unpaired) electrons. The largest absolute Gasteiger partial charge is 0.325 e. The highest BCUT2D eigenvalue weighted by molar-refractivity contribution is 6.30. The maximum Gasteiger partial charge on any atom is 0.325 e. The van der Waals surface area contributed by atoms with Gasteiger partial charge in [0.1, 0.15) is 5.54 Å². The number of carbonyl (C=O) groups excluding carboxylic acids is 3. The summed E-state index contributed by atoms with van der Waals surface area (Å²) in [6, 6.07) is 14.7. The minimum atomic E-state index is -1.21. The number of urea groups is 1. The molecule has 1 N–H and O–H groups in total. The molecular weight excluding hydrogens is 328 g/mol. The Hall–Kier alpha value is -2.66. The van der Waals surface area contributed by atoms with Crippen molar-refractivity contribution >= 4 is 29.3 Å². The zero-order valence-corrected chi connectivity index (χ0v) is 13.7. The molecule has 122 valence electrons. The number of nitrogens with one attached hydrogen (secondary N) is 1. The van der Waals surface area contributed by atoms with Crippen LogP contribution in [0.3, 0.4) is 0 Å². The number of nitrogens with zero attached hydrogens (tertiary/aromatic N) is 1. The SMILES string of the molecule is CC1(c2ccc(Cl)cc2)NC(=O)N(CC(=O)c2ccccc2)C1=O. The Kier molecular flexibility index (Phi) is 4.11. The average molecular weight is 343 g/mol. The van der Waals surface area contributed by atoms with Crippen molar-refractivity contribution in [2.45, 2.75) is 12.5 Å². The Bertz CT molecular complexity index is 805. The topological polar surface area (TPSA) is 66.5 Å². The Balaban J connectivity index is 1.84. The number of benzene rings is 2. The molecule has 3 rings (SSSR count). The van der Waals surface area contributed by atoms with Crippen molar-refractivity contribution in [3.8, 4) is 0 Å². The van der Waals surface area contributed by atoms with Crippen LogP contribution in [0.15, 0.2) is 54.6 Å². The lowest BCUT2D eigenvalue weighted by atomic mass is 9.92. The highest BCUT2D eigenvalue weighted by atomic mass is 35.5. The second-order valence-electron chi connectivity index (χ2n) is 5.74. The van der Waals surface area contributed by atoms with Crippen LogP contribution < -0.4 is 5.32 Å². The fourth-order valence-electron chi connectivity index (χ4n) is 2.68. The van der Waals surface area contributed by atoms with Crippen LogP contribution in [0.25, 0.3) is 0 Å². The number of ketones is 1. The zero-order valence-electron chi connectivity index (χ0n) is 13.0. The zero-order chi connectivity index (χ0) is 17.3. The standard InChI is InChI=1S/C18H15ClN2O3/c1-18(13-7-9-14(19)10-8-13)16(23)21(17(24)20-18)11-15(22)12-5-3-2-4-6-12/h2-10H,11H2,1H3,(H,20,24). The Labute approximate surface area is 144 Å². The van der Waals surface area contributed by atoms with E-state index in [1.165, 1.54) is 0 Å². The monoisotopic (exact) mass is 342 g/mol. The summed E-state index contributed by atoms with van der Waals surface area (Å²) in [6.45, 7) is 1.32. The summed E-state index contributed by atoms with van der Waals surface area (Å²) in [7, 11) is 0. The molecule has 1 aliphatic heterocycles. The number of carbonyl (C=O) groups is 3. The molecule has 0 aliphatic carbocycles. The van der Waals surface area contributed by atoms with Crippen LogP contribution in [-0.4, -0.2) is 29.2 Å². The smallest absolute Gasteiger partial charge is 0.319 e. The number of rotatable bonds is 4. The van der Waals surface area contributed by atoms with Gasteiger partial charge in [0.25, 0.3) is 5.91 Å². The number of amides is 3. The fraction of sp³-hybridized carbons (Fsp3) is 0.167. The van der Waals surface area contributed by atoms with Gasteiger partial charge in [0.2, 0.25) is 0 Å². The number of hydrogen-bond donors (Lipinski definition) is 1. The fourth-order valence-corrected chi connectivity index (χ4v) is 2.80. The lowest BCUT2D eigenvalue weighted by Crippen LogP contribution is -2.41. The molecule has 0 spiro atoms. The molecule has 0 saturated carbocycles. The Morgan fingerprint density at radius 2 is 1.71 bits per heavy atom. The molecule has 1 fully saturated rings. The van der Waals surface area contributed by atoms with Crippen LogP contribution in [-0.2, 0) is 10.3 Å². The number of Topliss-reactive ketones (excluding diaryl/α,β-unsaturated/α-hetero) is 1. The van der Waals surface area contributed by atoms with Gasteiger partial charge in [-0.25, -0.2) is 4.79 Å². The summed E-state index contributed by atoms with van der Waals surface area (Å²) in [4.78, 5) is 38.2. The number of imide groups is 1. The van der Waals surface area contributed by atoms with Gasteiger partial charge >= 0.3 is 6.03 Å². The molecule has 0 bridgehead atoms. The number of halogens is 1. The van der Waals surface area contributed by atoms with E-state index in [0.29, 0.717) is 16.1 Å². The quantitative estimate of drug-likeness (QED) is 0.686. The average Bonchev–Trinajstić information content (AvgIpc) is 2.80. The third kappa shape index (κ3) is 2.78. The molecule has 2 aromatic carbocycles. The first kappa shape index (κ1) is 16.2. The molecule has 6 heteroatoms. The molecule has 0 aromatic heterocycles. The maximum absolute atomic E-state index is 12.7. The second-order valence-corrected chi connectivity index (χ2v) is 6.18. The van der Waals surface area contributed by atoms with E-state index in [0.717, 1.165) is 4.90 Å². The summed E-state index contributed by atoms with van der Waals surface area (Å²) < 4.78 is 0. The predicted molar refractivity (Wildman–Crippen MR) is 89.8 cm³/mol. The molecular formula is C18H15ClN2O3. The molecule has 1 atom stereocenters. The van der Waals surface area contributed by atoms with Gasteiger partial charge in [-0.1, -0.05) is 54.1 Å². The van der Waals surface area contributed by atoms with Crippen molar-refractivity contribution in [2.24, 2.45) is 0 Å². The molecule has 1 saturated heterocycles. The predicted octanol–water partition coefficient (Wildman–Crippen LogP) is 2.99. The molecule has 1 heterocycles. The van der Waals surface area contributed by atoms with Gasteiger partial charge in [-0.2, -0.15) is 0 Å². The van der Waals surface area contributed by atoms with Gasteiger partial charge in [-0.15, -0.1) is 0 Å². The van der Waals surface area contributed by atoms with Gasteiger partial charge in [-0.05, 0) is 24.6 Å². The normalized spacial score (nSPS) is 20.2. The van der Waals surface area contributed by atoms with Gasteiger partial charge < -0.3 is 5.32 Å². The minimum absolute atomic E-state index is 0.292. The summed E-state index contributed by atoms with van der Waals surface area (Å²) >= 11 is 5.87. The molecule has 24 heavy (non-hydrogen) atoms. The van der Waals surface area contributed by atoms with E-state index in [4.69, 9.17) is 11.6 Å². The van der Waals surface area contributed by atoms with Crippen molar-refractivity contribution < 1.29 is 14.4 Å². The second kappa shape index (κ2) is 6.09. The maximum atomic E-state index is 12.7. The van der Waals surface area contributed by atoms with Crippen LogP contribution in [0.2, 0.25) is 5.02 Å². The lowest BCUT2D eigenvalue weighted by molar-refractivity contribution is -0.130. The van der Waals surface area contributed by atoms with E-state index in [2.05, 4.69) is 5.32 Å². The highest BCUT2D eigenvalue weighted by Crippen LogP contribution is 2.29. The van der Waals surface area contributed by atoms with Crippen LogP contribution >= 0.6 is 11.6 Å². The van der Waals surface area contributed by atoms with E-state index < -0.39 is 17.5 Å². The van der Waals surface area contributed by atoms with Gasteiger partial charge in [0, 0.05) is 10.6 Å². The Morgan fingerprint density at radius 1 is 1.08 bits per heavy atom. The van der Waals surface area contributed by atoms with E-state index in [1.807, 2.05) is 0 Å². The molecule has 2 aromatic rings. The highest BCUT2D eigenvalue weighted by Gasteiger charge is 2.49. The van der Waals surface area contributed by atoms with Crippen LogP contribution in [0, 0.1) is 0 Å². The Morgan fingerprint density at radius 3 is 2.33 bits per heavy atom. The van der Waals surface area contributed by atoms with E-state index >= 15 is 0 Å². The summed E-state index contributed by atoms with van der Waals surface area (Å²) in [6.07, 6.45) is 0. The lowest BCUT2D eigenvalue weighted by Gasteiger charge is -2.22. The van der Waals surface area contributed by atoms with Crippen LogP contribution in [0.5, 0.6) is 0 Å². The summed E-state index contributed by atoms with van der Waals surface area (Å²) in [5.74, 6) is -0.751. The summed E-state index contributed by atoms with van der Waals surface area (Å²) in [5.41, 5.74) is -0.142. The van der Waals surface area contributed by atoms with Crippen LogP contribution in [0.1, 0.15) is 22.8 Å². The van der Waals surface area contributed by atoms with Crippen LogP contribution in [0.4, 0.5) is 4.79 Å². The van der Waals surface area contributed by atoms with E-state index in [1.54, 1.807) is 61.5 Å². The molecule has 3 amide bonds. The van der Waals surface area contributed by atoms with E-state index in [9.17, 15) is 14.4 Å². The third-order valence-electron chi connectivity index (χ3n) is 4.09. The van der Waals surface area contributed by atoms with E-state index in [-0.39, 0.29) is 12.3 Å². The molecule has 5 nitrogen and oxygen atoms in total. The molecule has 1 aliphatic rings. The number of hydrogen-bond acceptors (Lipinski definition) is 3. The first-order chi connectivity index (χ1) is 11.4. The first-order valence-electron chi connectivity index (χ1n) is 7.40. The molecule has 1 unspecified atom stereocenters. The first-order valence-corrected chi connectivity index (χ1v) is 7.78. The van der Waals surface area contributed by atoms with Crippen molar-refractivity contribution in [2.75, 3.05) is 6.54 Å². The van der Waals surface area contributed by atoms with Gasteiger partial charge in [0.05, 0.1) is 6.54 Å². The minimum Gasteiger partial charge on any atom is -0.319 e. The van der Waals surface area contributed by atoms with Crippen molar-refractivity contribution in [3.63, 3.8) is 0 Å². The van der Waals surface area contributed by atoms with Crippen molar-refractivity contribution in [3.05, 3.63) is 70.7 Å². The van der Waals surface area contributed by atoms with Gasteiger partial charge in [0.15, 0.2) is 5.78 Å².